The molecule has 29 heavy (non-hydrogen) atoms. The van der Waals surface area contributed by atoms with Crippen LogP contribution in [0.3, 0.4) is 0 Å². The third-order valence-corrected chi connectivity index (χ3v) is 5.50. The van der Waals surface area contributed by atoms with Gasteiger partial charge in [-0.15, -0.1) is 11.3 Å². The summed E-state index contributed by atoms with van der Waals surface area (Å²) in [6.07, 6.45) is 0. The molecule has 0 saturated heterocycles. The van der Waals surface area contributed by atoms with E-state index in [-0.39, 0.29) is 5.75 Å². The summed E-state index contributed by atoms with van der Waals surface area (Å²) < 4.78 is 1.88. The molecule has 2 heterocycles. The van der Waals surface area contributed by atoms with E-state index in [2.05, 4.69) is 23.6 Å². The first-order valence-corrected chi connectivity index (χ1v) is 10.1. The van der Waals surface area contributed by atoms with E-state index in [0.29, 0.717) is 0 Å². The zero-order valence-electron chi connectivity index (χ0n) is 15.4. The van der Waals surface area contributed by atoms with Gasteiger partial charge in [-0.05, 0) is 30.3 Å². The number of benzene rings is 3. The summed E-state index contributed by atoms with van der Waals surface area (Å²) in [6, 6.07) is 29.4. The van der Waals surface area contributed by atoms with Crippen LogP contribution in [0.25, 0.3) is 38.9 Å². The first-order chi connectivity index (χ1) is 14.3. The number of aromatic nitrogens is 3. The van der Waals surface area contributed by atoms with Crippen LogP contribution < -0.4 is 0 Å². The Hall–Kier alpha value is -3.70. The van der Waals surface area contributed by atoms with Gasteiger partial charge in [0.05, 0.1) is 17.1 Å². The van der Waals surface area contributed by atoms with Gasteiger partial charge < -0.3 is 5.11 Å². The Bertz CT molecular complexity index is 1240. The van der Waals surface area contributed by atoms with Gasteiger partial charge in [0.1, 0.15) is 5.75 Å². The average molecular weight is 395 g/mol. The van der Waals surface area contributed by atoms with Crippen LogP contribution in [0, 0.1) is 0 Å². The largest absolute Gasteiger partial charge is 0.508 e. The molecule has 5 rings (SSSR count). The van der Waals surface area contributed by atoms with E-state index in [9.17, 15) is 5.11 Å². The summed E-state index contributed by atoms with van der Waals surface area (Å²) in [4.78, 5) is 4.83. The minimum atomic E-state index is 0.240. The molecular formula is C24H17N3OS. The lowest BCUT2D eigenvalue weighted by Crippen LogP contribution is -1.98. The van der Waals surface area contributed by atoms with Crippen molar-refractivity contribution in [1.29, 1.82) is 0 Å². The molecule has 3 aromatic carbocycles. The molecular weight excluding hydrogens is 378 g/mol. The molecule has 5 aromatic rings. The molecule has 0 aliphatic carbocycles. The second kappa shape index (κ2) is 7.37. The van der Waals surface area contributed by atoms with E-state index in [1.54, 1.807) is 23.5 Å². The van der Waals surface area contributed by atoms with Gasteiger partial charge in [0.15, 0.2) is 0 Å². The van der Waals surface area contributed by atoms with Crippen molar-refractivity contribution < 1.29 is 5.11 Å². The third-order valence-electron chi connectivity index (χ3n) is 4.68. The Labute approximate surface area is 172 Å². The maximum Gasteiger partial charge on any atom is 0.211 e. The third kappa shape index (κ3) is 3.44. The van der Waals surface area contributed by atoms with Crippen molar-refractivity contribution in [2.75, 3.05) is 0 Å². The van der Waals surface area contributed by atoms with Gasteiger partial charge in [0, 0.05) is 22.1 Å². The smallest absolute Gasteiger partial charge is 0.211 e. The molecule has 0 fully saturated rings. The topological polar surface area (TPSA) is 50.9 Å². The van der Waals surface area contributed by atoms with Crippen LogP contribution in [0.5, 0.6) is 5.75 Å². The molecule has 0 aliphatic heterocycles. The number of hydrogen-bond acceptors (Lipinski definition) is 4. The lowest BCUT2D eigenvalue weighted by molar-refractivity contribution is 0.475. The molecule has 0 spiro atoms. The number of rotatable bonds is 4. The molecule has 0 bridgehead atoms. The first-order valence-electron chi connectivity index (χ1n) is 9.24. The predicted molar refractivity (Wildman–Crippen MR) is 117 cm³/mol. The van der Waals surface area contributed by atoms with Crippen molar-refractivity contribution in [1.82, 2.24) is 14.8 Å². The molecule has 0 amide bonds. The molecule has 0 unspecified atom stereocenters. The van der Waals surface area contributed by atoms with Crippen molar-refractivity contribution in [3.63, 3.8) is 0 Å². The van der Waals surface area contributed by atoms with Crippen molar-refractivity contribution in [3.8, 4) is 44.7 Å². The van der Waals surface area contributed by atoms with Crippen molar-refractivity contribution >= 4 is 11.3 Å². The van der Waals surface area contributed by atoms with Crippen molar-refractivity contribution in [2.45, 2.75) is 0 Å². The lowest BCUT2D eigenvalue weighted by Gasteiger charge is -2.04. The number of thiazole rings is 1. The van der Waals surface area contributed by atoms with E-state index in [1.165, 1.54) is 0 Å². The van der Waals surface area contributed by atoms with Gasteiger partial charge in [-0.25, -0.2) is 9.67 Å². The fourth-order valence-corrected chi connectivity index (χ4v) is 4.01. The maximum absolute atomic E-state index is 9.67. The Morgan fingerprint density at radius 1 is 0.690 bits per heavy atom. The highest BCUT2D eigenvalue weighted by atomic mass is 32.1. The van der Waals surface area contributed by atoms with Crippen LogP contribution in [0.1, 0.15) is 0 Å². The predicted octanol–water partition coefficient (Wildman–Crippen LogP) is 6.04. The summed E-state index contributed by atoms with van der Waals surface area (Å²) in [7, 11) is 0. The standard InChI is InChI=1S/C24H17N3OS/c28-20-13-11-19(12-14-20)23-15-21(17-7-3-1-4-8-17)26-27(23)24-25-22(16-29-24)18-9-5-2-6-10-18/h1-16,28H. The minimum Gasteiger partial charge on any atom is -0.508 e. The normalized spacial score (nSPS) is 10.9. The van der Waals surface area contributed by atoms with Crippen LogP contribution in [-0.4, -0.2) is 19.9 Å². The maximum atomic E-state index is 9.67. The Kier molecular flexibility index (Phi) is 4.42. The molecule has 0 saturated carbocycles. The summed E-state index contributed by atoms with van der Waals surface area (Å²) in [5.74, 6) is 0.240. The van der Waals surface area contributed by atoms with E-state index in [1.807, 2.05) is 65.3 Å². The zero-order valence-corrected chi connectivity index (χ0v) is 16.3. The van der Waals surface area contributed by atoms with Gasteiger partial charge in [0.2, 0.25) is 5.13 Å². The van der Waals surface area contributed by atoms with Gasteiger partial charge in [-0.2, -0.15) is 5.10 Å². The van der Waals surface area contributed by atoms with Gasteiger partial charge in [-0.3, -0.25) is 0 Å². The van der Waals surface area contributed by atoms with Crippen LogP contribution in [0.2, 0.25) is 0 Å². The Morgan fingerprint density at radius 3 is 1.97 bits per heavy atom. The van der Waals surface area contributed by atoms with E-state index < -0.39 is 0 Å². The van der Waals surface area contributed by atoms with Gasteiger partial charge in [-0.1, -0.05) is 60.7 Å². The Morgan fingerprint density at radius 2 is 1.31 bits per heavy atom. The minimum absolute atomic E-state index is 0.240. The van der Waals surface area contributed by atoms with E-state index >= 15 is 0 Å². The molecule has 2 aromatic heterocycles. The summed E-state index contributed by atoms with van der Waals surface area (Å²) in [5, 5.41) is 17.4. The van der Waals surface area contributed by atoms with Gasteiger partial charge >= 0.3 is 0 Å². The SMILES string of the molecule is Oc1ccc(-c2cc(-c3ccccc3)nn2-c2nc(-c3ccccc3)cs2)cc1. The molecule has 1 N–H and O–H groups in total. The van der Waals surface area contributed by atoms with Crippen LogP contribution in [-0.2, 0) is 0 Å². The van der Waals surface area contributed by atoms with E-state index in [0.717, 1.165) is 38.9 Å². The zero-order chi connectivity index (χ0) is 19.6. The number of phenols is 1. The number of phenolic OH excluding ortho intramolecular Hbond substituents is 1. The average Bonchev–Trinajstić information content (AvgIpc) is 3.43. The fourth-order valence-electron chi connectivity index (χ4n) is 3.22. The van der Waals surface area contributed by atoms with E-state index in [4.69, 9.17) is 10.1 Å². The molecule has 4 nitrogen and oxygen atoms in total. The highest BCUT2D eigenvalue weighted by Gasteiger charge is 2.16. The van der Waals surface area contributed by atoms with Crippen molar-refractivity contribution in [3.05, 3.63) is 96.4 Å². The van der Waals surface area contributed by atoms with Gasteiger partial charge in [0.25, 0.3) is 0 Å². The summed E-state index contributed by atoms with van der Waals surface area (Å²) in [5.41, 5.74) is 5.83. The lowest BCUT2D eigenvalue weighted by atomic mass is 10.1. The first kappa shape index (κ1) is 17.4. The number of aromatic hydroxyl groups is 1. The number of hydrogen-bond donors (Lipinski definition) is 1. The second-order valence-corrected chi connectivity index (χ2v) is 7.46. The quantitative estimate of drug-likeness (QED) is 0.404. The monoisotopic (exact) mass is 395 g/mol. The summed E-state index contributed by atoms with van der Waals surface area (Å²) in [6.45, 7) is 0. The fraction of sp³-hybridized carbons (Fsp3) is 0. The molecule has 0 atom stereocenters. The molecule has 0 radical (unpaired) electrons. The highest BCUT2D eigenvalue weighted by molar-refractivity contribution is 7.12. The molecule has 5 heteroatoms. The van der Waals surface area contributed by atoms with Crippen LogP contribution >= 0.6 is 11.3 Å². The van der Waals surface area contributed by atoms with Crippen molar-refractivity contribution in [2.24, 2.45) is 0 Å². The molecule has 0 aliphatic rings. The highest BCUT2D eigenvalue weighted by Crippen LogP contribution is 2.32. The summed E-state index contributed by atoms with van der Waals surface area (Å²) >= 11 is 1.56. The second-order valence-electron chi connectivity index (χ2n) is 6.62. The molecule has 140 valence electrons. The van der Waals surface area contributed by atoms with Crippen LogP contribution in [0.4, 0.5) is 0 Å². The number of nitrogens with zero attached hydrogens (tertiary/aromatic N) is 3. The Balaban J connectivity index is 1.64. The van der Waals surface area contributed by atoms with Crippen LogP contribution in [0.15, 0.2) is 96.4 Å².